The van der Waals surface area contributed by atoms with Gasteiger partial charge in [0.15, 0.2) is 0 Å². The van der Waals surface area contributed by atoms with E-state index in [1.54, 1.807) is 14.0 Å². The molecule has 1 aromatic carbocycles. The lowest BCUT2D eigenvalue weighted by atomic mass is 10.1. The van der Waals surface area contributed by atoms with Crippen molar-refractivity contribution in [1.29, 1.82) is 0 Å². The molecule has 0 unspecified atom stereocenters. The summed E-state index contributed by atoms with van der Waals surface area (Å²) in [5.74, 6) is 0.869. The number of carbonyl (C=O) groups is 1. The molecule has 1 heterocycles. The summed E-state index contributed by atoms with van der Waals surface area (Å²) < 4.78 is 14.3. The second kappa shape index (κ2) is 10.3. The van der Waals surface area contributed by atoms with Gasteiger partial charge in [-0.05, 0) is 13.0 Å². The summed E-state index contributed by atoms with van der Waals surface area (Å²) in [6.45, 7) is 8.09. The van der Waals surface area contributed by atoms with Crippen molar-refractivity contribution in [2.75, 3.05) is 20.3 Å². The third-order valence-corrected chi connectivity index (χ3v) is 2.71. The second-order valence-corrected chi connectivity index (χ2v) is 4.72. The molecule has 0 fully saturated rings. The molecule has 0 bridgehead atoms. The van der Waals surface area contributed by atoms with Gasteiger partial charge in [-0.3, -0.25) is 0 Å². The Morgan fingerprint density at radius 3 is 2.70 bits per heavy atom. The Balaban J connectivity index is 0.000000241. The Kier molecular flexibility index (Phi) is 8.31. The van der Waals surface area contributed by atoms with E-state index in [1.807, 2.05) is 31.2 Å². The van der Waals surface area contributed by atoms with Crippen LogP contribution in [0, 0.1) is 13.8 Å². The number of hydrogen-bond acceptors (Lipinski definition) is 6. The number of rotatable bonds is 6. The van der Waals surface area contributed by atoms with Crippen LogP contribution in [0.5, 0.6) is 0 Å². The molecule has 6 nitrogen and oxygen atoms in total. The van der Waals surface area contributed by atoms with Crippen LogP contribution >= 0.6 is 0 Å². The lowest BCUT2D eigenvalue weighted by Gasteiger charge is -1.99. The van der Waals surface area contributed by atoms with E-state index in [0.29, 0.717) is 24.9 Å². The van der Waals surface area contributed by atoms with Gasteiger partial charge in [-0.1, -0.05) is 35.5 Å². The second-order valence-electron chi connectivity index (χ2n) is 4.72. The summed E-state index contributed by atoms with van der Waals surface area (Å²) in [7, 11) is 1.61. The van der Waals surface area contributed by atoms with Gasteiger partial charge in [-0.25, -0.2) is 4.79 Å². The van der Waals surface area contributed by atoms with Gasteiger partial charge in [-0.15, -0.1) is 0 Å². The lowest BCUT2D eigenvalue weighted by molar-refractivity contribution is -0.138. The quantitative estimate of drug-likeness (QED) is 0.463. The first-order chi connectivity index (χ1) is 11.1. The summed E-state index contributed by atoms with van der Waals surface area (Å²) in [4.78, 5) is 14.5. The Morgan fingerprint density at radius 2 is 2.13 bits per heavy atom. The summed E-state index contributed by atoms with van der Waals surface area (Å²) in [6.07, 6.45) is 1.88. The van der Waals surface area contributed by atoms with E-state index < -0.39 is 0 Å². The highest BCUT2D eigenvalue weighted by atomic mass is 16.5. The molecule has 0 aliphatic heterocycles. The highest BCUT2D eigenvalue weighted by molar-refractivity contribution is 5.81. The molecule has 23 heavy (non-hydrogen) atoms. The molecular formula is C17H22N2O4. The van der Waals surface area contributed by atoms with Crippen molar-refractivity contribution >= 4 is 5.97 Å². The highest BCUT2D eigenvalue weighted by Crippen LogP contribution is 2.16. The number of methoxy groups -OCH3 is 1. The Bertz CT molecular complexity index is 623. The first-order valence-corrected chi connectivity index (χ1v) is 7.22. The van der Waals surface area contributed by atoms with Crippen molar-refractivity contribution in [3.05, 3.63) is 48.4 Å². The van der Waals surface area contributed by atoms with Gasteiger partial charge in [-0.2, -0.15) is 4.98 Å². The van der Waals surface area contributed by atoms with Gasteiger partial charge in [0.25, 0.3) is 0 Å². The van der Waals surface area contributed by atoms with E-state index >= 15 is 0 Å². The number of esters is 1. The van der Waals surface area contributed by atoms with Crippen LogP contribution in [0.4, 0.5) is 0 Å². The molecule has 2 rings (SSSR count). The van der Waals surface area contributed by atoms with E-state index in [2.05, 4.69) is 21.5 Å². The Labute approximate surface area is 136 Å². The number of carbonyl (C=O) groups excluding carboxylic acids is 1. The standard InChI is InChI=1S/C10H10N2O.C7H12O3/c1-7-4-3-5-9(6-7)10-11-8(2)13-12-10;1-3-7(8)10-6-4-5-9-2/h3-6H,1-2H3;3H,1,4-6H2,2H3. The normalized spacial score (nSPS) is 9.70. The fourth-order valence-corrected chi connectivity index (χ4v) is 1.64. The van der Waals surface area contributed by atoms with Gasteiger partial charge < -0.3 is 14.0 Å². The lowest BCUT2D eigenvalue weighted by Crippen LogP contribution is -2.03. The minimum atomic E-state index is -0.379. The van der Waals surface area contributed by atoms with Crippen LogP contribution in [0.2, 0.25) is 0 Å². The first kappa shape index (κ1) is 18.6. The number of aromatic nitrogens is 2. The van der Waals surface area contributed by atoms with E-state index in [1.165, 1.54) is 5.56 Å². The van der Waals surface area contributed by atoms with Crippen LogP contribution < -0.4 is 0 Å². The molecule has 2 aromatic rings. The molecule has 0 saturated carbocycles. The summed E-state index contributed by atoms with van der Waals surface area (Å²) in [5.41, 5.74) is 2.19. The third kappa shape index (κ3) is 7.37. The predicted molar refractivity (Wildman–Crippen MR) is 86.9 cm³/mol. The molecule has 124 valence electrons. The maximum atomic E-state index is 10.4. The third-order valence-electron chi connectivity index (χ3n) is 2.71. The van der Waals surface area contributed by atoms with Crippen LogP contribution in [0.25, 0.3) is 11.4 Å². The monoisotopic (exact) mass is 318 g/mol. The number of nitrogens with zero attached hydrogens (tertiary/aromatic N) is 2. The zero-order chi connectivity index (χ0) is 17.1. The average molecular weight is 318 g/mol. The van der Waals surface area contributed by atoms with Crippen LogP contribution in [-0.4, -0.2) is 36.4 Å². The number of hydrogen-bond donors (Lipinski definition) is 0. The summed E-state index contributed by atoms with van der Waals surface area (Å²) >= 11 is 0. The van der Waals surface area contributed by atoms with E-state index in [4.69, 9.17) is 9.26 Å². The minimum absolute atomic E-state index is 0.379. The van der Waals surface area contributed by atoms with Crippen LogP contribution in [0.3, 0.4) is 0 Å². The fraction of sp³-hybridized carbons (Fsp3) is 0.353. The van der Waals surface area contributed by atoms with Crippen molar-refractivity contribution in [1.82, 2.24) is 10.1 Å². The van der Waals surface area contributed by atoms with Gasteiger partial charge in [0, 0.05) is 38.7 Å². The summed E-state index contributed by atoms with van der Waals surface area (Å²) in [6, 6.07) is 8.02. The average Bonchev–Trinajstić information content (AvgIpc) is 2.98. The van der Waals surface area contributed by atoms with Gasteiger partial charge >= 0.3 is 5.97 Å². The van der Waals surface area contributed by atoms with E-state index in [0.717, 1.165) is 18.1 Å². The van der Waals surface area contributed by atoms with E-state index in [-0.39, 0.29) is 5.97 Å². The molecule has 0 radical (unpaired) electrons. The zero-order valence-electron chi connectivity index (χ0n) is 13.7. The number of benzene rings is 1. The molecule has 0 aliphatic carbocycles. The van der Waals surface area contributed by atoms with Crippen molar-refractivity contribution in [2.45, 2.75) is 20.3 Å². The van der Waals surface area contributed by atoms with Crippen molar-refractivity contribution in [3.8, 4) is 11.4 Å². The molecule has 0 amide bonds. The fourth-order valence-electron chi connectivity index (χ4n) is 1.64. The summed E-state index contributed by atoms with van der Waals surface area (Å²) in [5, 5.41) is 3.84. The topological polar surface area (TPSA) is 74.5 Å². The minimum Gasteiger partial charge on any atom is -0.462 e. The number of ether oxygens (including phenoxy) is 2. The predicted octanol–water partition coefficient (Wildman–Crippen LogP) is 3.11. The SMILES string of the molecule is C=CC(=O)OCCCOC.Cc1cccc(-c2noc(C)n2)c1. The van der Waals surface area contributed by atoms with Gasteiger partial charge in [0.05, 0.1) is 6.61 Å². The molecule has 0 spiro atoms. The molecular weight excluding hydrogens is 296 g/mol. The maximum Gasteiger partial charge on any atom is 0.330 e. The van der Waals surface area contributed by atoms with Crippen LogP contribution in [-0.2, 0) is 14.3 Å². The molecule has 0 saturated heterocycles. The van der Waals surface area contributed by atoms with Crippen LogP contribution in [0.15, 0.2) is 41.4 Å². The van der Waals surface area contributed by atoms with Crippen molar-refractivity contribution < 1.29 is 18.8 Å². The van der Waals surface area contributed by atoms with Gasteiger partial charge in [0.1, 0.15) is 0 Å². The Morgan fingerprint density at radius 1 is 1.35 bits per heavy atom. The largest absolute Gasteiger partial charge is 0.462 e. The van der Waals surface area contributed by atoms with E-state index in [9.17, 15) is 4.79 Å². The zero-order valence-corrected chi connectivity index (χ0v) is 13.7. The number of aryl methyl sites for hydroxylation is 2. The van der Waals surface area contributed by atoms with Crippen molar-refractivity contribution in [2.24, 2.45) is 0 Å². The maximum absolute atomic E-state index is 10.4. The smallest absolute Gasteiger partial charge is 0.330 e. The Hall–Kier alpha value is -2.47. The molecule has 0 N–H and O–H groups in total. The highest BCUT2D eigenvalue weighted by Gasteiger charge is 2.04. The van der Waals surface area contributed by atoms with Gasteiger partial charge in [0.2, 0.25) is 11.7 Å². The molecule has 1 aromatic heterocycles. The van der Waals surface area contributed by atoms with Crippen molar-refractivity contribution in [3.63, 3.8) is 0 Å². The molecule has 0 aliphatic rings. The van der Waals surface area contributed by atoms with Crippen LogP contribution in [0.1, 0.15) is 17.9 Å². The first-order valence-electron chi connectivity index (χ1n) is 7.22. The molecule has 6 heteroatoms. The molecule has 0 atom stereocenters.